The van der Waals surface area contributed by atoms with Crippen LogP contribution in [0.4, 0.5) is 5.69 Å². The van der Waals surface area contributed by atoms with Crippen LogP contribution in [0.25, 0.3) is 0 Å². The van der Waals surface area contributed by atoms with Gasteiger partial charge in [-0.25, -0.2) is 0 Å². The summed E-state index contributed by atoms with van der Waals surface area (Å²) in [5.41, 5.74) is 6.50. The second kappa shape index (κ2) is 7.14. The topological polar surface area (TPSA) is 66.6 Å². The Morgan fingerprint density at radius 1 is 1.30 bits per heavy atom. The van der Waals surface area contributed by atoms with Gasteiger partial charge in [-0.2, -0.15) is 0 Å². The van der Waals surface area contributed by atoms with Crippen LogP contribution in [0, 0.1) is 0 Å². The largest absolute Gasteiger partial charge is 0.398 e. The molecule has 0 aromatic heterocycles. The molecule has 2 amide bonds. The lowest BCUT2D eigenvalue weighted by atomic mass is 10.1. The van der Waals surface area contributed by atoms with E-state index >= 15 is 0 Å². The maximum absolute atomic E-state index is 12.4. The van der Waals surface area contributed by atoms with Gasteiger partial charge in [0.05, 0.1) is 10.7 Å². The van der Waals surface area contributed by atoms with E-state index < -0.39 is 0 Å². The number of halogens is 1. The molecule has 20 heavy (non-hydrogen) atoms. The van der Waals surface area contributed by atoms with Crippen molar-refractivity contribution in [1.29, 1.82) is 0 Å². The normalized spacial score (nSPS) is 10.2. The fraction of sp³-hybridized carbons (Fsp3) is 0.429. The average molecular weight is 298 g/mol. The minimum Gasteiger partial charge on any atom is -0.398 e. The first-order chi connectivity index (χ1) is 9.36. The van der Waals surface area contributed by atoms with Crippen molar-refractivity contribution in [2.75, 3.05) is 32.9 Å². The molecule has 6 heteroatoms. The molecule has 0 saturated heterocycles. The summed E-state index contributed by atoms with van der Waals surface area (Å²) in [6, 6.07) is 4.74. The molecule has 0 atom stereocenters. The van der Waals surface area contributed by atoms with E-state index in [-0.39, 0.29) is 18.4 Å². The molecule has 1 aromatic rings. The van der Waals surface area contributed by atoms with Crippen LogP contribution in [-0.4, -0.2) is 48.8 Å². The first-order valence-electron chi connectivity index (χ1n) is 6.41. The Morgan fingerprint density at radius 3 is 2.45 bits per heavy atom. The molecule has 5 nitrogen and oxygen atoms in total. The number of carbonyl (C=O) groups excluding carboxylic acids is 2. The maximum Gasteiger partial charge on any atom is 0.254 e. The number of nitrogen functional groups attached to an aromatic ring is 1. The van der Waals surface area contributed by atoms with Crippen molar-refractivity contribution in [3.63, 3.8) is 0 Å². The second-order valence-electron chi connectivity index (χ2n) is 4.75. The smallest absolute Gasteiger partial charge is 0.254 e. The minimum atomic E-state index is -0.217. The van der Waals surface area contributed by atoms with Crippen molar-refractivity contribution in [3.05, 3.63) is 28.8 Å². The van der Waals surface area contributed by atoms with Gasteiger partial charge in [0.15, 0.2) is 0 Å². The highest BCUT2D eigenvalue weighted by atomic mass is 35.5. The van der Waals surface area contributed by atoms with Gasteiger partial charge in [0, 0.05) is 26.2 Å². The Balaban J connectivity index is 2.92. The van der Waals surface area contributed by atoms with Crippen molar-refractivity contribution in [3.8, 4) is 0 Å². The van der Waals surface area contributed by atoms with Crippen molar-refractivity contribution in [1.82, 2.24) is 9.80 Å². The van der Waals surface area contributed by atoms with Crippen molar-refractivity contribution in [2.45, 2.75) is 13.3 Å². The molecule has 0 fully saturated rings. The van der Waals surface area contributed by atoms with E-state index in [1.807, 2.05) is 6.92 Å². The number of carbonyl (C=O) groups is 2. The summed E-state index contributed by atoms with van der Waals surface area (Å²) in [7, 11) is 3.33. The fourth-order valence-electron chi connectivity index (χ4n) is 1.69. The number of benzene rings is 1. The molecule has 0 aliphatic rings. The number of anilines is 1. The highest BCUT2D eigenvalue weighted by Gasteiger charge is 2.19. The quantitative estimate of drug-likeness (QED) is 0.844. The molecule has 0 saturated carbocycles. The molecule has 0 spiro atoms. The third-order valence-electron chi connectivity index (χ3n) is 2.85. The standard InChI is InChI=1S/C14H20ClN3O2/c1-4-7-18(9-13(19)17(2)3)14(20)10-5-6-11(15)12(16)8-10/h5-6,8H,4,7,9,16H2,1-3H3. The first-order valence-corrected chi connectivity index (χ1v) is 6.79. The van der Waals surface area contributed by atoms with Crippen LogP contribution in [0.2, 0.25) is 5.02 Å². The molecule has 0 bridgehead atoms. The summed E-state index contributed by atoms with van der Waals surface area (Å²) in [5.74, 6) is -0.334. The van der Waals surface area contributed by atoms with Crippen molar-refractivity contribution >= 4 is 29.1 Å². The molecule has 2 N–H and O–H groups in total. The number of nitrogens with zero attached hydrogens (tertiary/aromatic N) is 2. The van der Waals surface area contributed by atoms with Crippen LogP contribution >= 0.6 is 11.6 Å². The molecule has 1 rings (SSSR count). The zero-order valence-corrected chi connectivity index (χ0v) is 12.8. The number of hydrogen-bond donors (Lipinski definition) is 1. The lowest BCUT2D eigenvalue weighted by molar-refractivity contribution is -0.129. The summed E-state index contributed by atoms with van der Waals surface area (Å²) in [5, 5.41) is 0.410. The van der Waals surface area contributed by atoms with E-state index in [0.29, 0.717) is 22.8 Å². The van der Waals surface area contributed by atoms with Gasteiger partial charge in [-0.3, -0.25) is 9.59 Å². The van der Waals surface area contributed by atoms with Gasteiger partial charge in [0.1, 0.15) is 6.54 Å². The SMILES string of the molecule is CCCN(CC(=O)N(C)C)C(=O)c1ccc(Cl)c(N)c1. The monoisotopic (exact) mass is 297 g/mol. The molecule has 0 unspecified atom stereocenters. The third kappa shape index (κ3) is 4.13. The minimum absolute atomic E-state index is 0.0577. The Morgan fingerprint density at radius 2 is 1.95 bits per heavy atom. The van der Waals surface area contributed by atoms with Crippen LogP contribution < -0.4 is 5.73 Å². The molecule has 1 aromatic carbocycles. The Hall–Kier alpha value is -1.75. The van der Waals surface area contributed by atoms with Crippen LogP contribution in [-0.2, 0) is 4.79 Å². The fourth-order valence-corrected chi connectivity index (χ4v) is 1.80. The molecule has 0 radical (unpaired) electrons. The van der Waals surface area contributed by atoms with Gasteiger partial charge in [-0.05, 0) is 24.6 Å². The zero-order chi connectivity index (χ0) is 15.3. The molecule has 0 aliphatic carbocycles. The third-order valence-corrected chi connectivity index (χ3v) is 3.19. The molecular weight excluding hydrogens is 278 g/mol. The second-order valence-corrected chi connectivity index (χ2v) is 5.16. The van der Waals surface area contributed by atoms with Gasteiger partial charge < -0.3 is 15.5 Å². The predicted molar refractivity (Wildman–Crippen MR) is 80.8 cm³/mol. The van der Waals surface area contributed by atoms with Gasteiger partial charge >= 0.3 is 0 Å². The Bertz CT molecular complexity index is 503. The van der Waals surface area contributed by atoms with Crippen LogP contribution in [0.15, 0.2) is 18.2 Å². The number of amides is 2. The lowest BCUT2D eigenvalue weighted by Gasteiger charge is -2.23. The van der Waals surface area contributed by atoms with Crippen LogP contribution in [0.1, 0.15) is 23.7 Å². The van der Waals surface area contributed by atoms with Crippen molar-refractivity contribution in [2.24, 2.45) is 0 Å². The van der Waals surface area contributed by atoms with E-state index in [4.69, 9.17) is 17.3 Å². The molecule has 0 aliphatic heterocycles. The predicted octanol–water partition coefficient (Wildman–Crippen LogP) is 1.86. The number of hydrogen-bond acceptors (Lipinski definition) is 3. The Labute approximate surface area is 124 Å². The number of likely N-dealkylation sites (N-methyl/N-ethyl adjacent to an activating group) is 1. The molecular formula is C14H20ClN3O2. The number of nitrogens with two attached hydrogens (primary N) is 1. The molecule has 0 heterocycles. The highest BCUT2D eigenvalue weighted by Crippen LogP contribution is 2.20. The maximum atomic E-state index is 12.4. The summed E-state index contributed by atoms with van der Waals surface area (Å²) in [6.45, 7) is 2.53. The number of rotatable bonds is 5. The van der Waals surface area contributed by atoms with Gasteiger partial charge in [-0.15, -0.1) is 0 Å². The van der Waals surface area contributed by atoms with Crippen LogP contribution in [0.5, 0.6) is 0 Å². The van der Waals surface area contributed by atoms with E-state index in [0.717, 1.165) is 6.42 Å². The van der Waals surface area contributed by atoms with Crippen LogP contribution in [0.3, 0.4) is 0 Å². The summed E-state index contributed by atoms with van der Waals surface area (Å²) in [6.07, 6.45) is 0.773. The first kappa shape index (κ1) is 16.3. The van der Waals surface area contributed by atoms with Gasteiger partial charge in [-0.1, -0.05) is 18.5 Å². The van der Waals surface area contributed by atoms with E-state index in [1.54, 1.807) is 26.2 Å². The summed E-state index contributed by atoms with van der Waals surface area (Å²) >= 11 is 5.84. The van der Waals surface area contributed by atoms with E-state index in [1.165, 1.54) is 15.9 Å². The lowest BCUT2D eigenvalue weighted by Crippen LogP contribution is -2.40. The zero-order valence-electron chi connectivity index (χ0n) is 12.0. The van der Waals surface area contributed by atoms with E-state index in [9.17, 15) is 9.59 Å². The molecule has 110 valence electrons. The van der Waals surface area contributed by atoms with Crippen molar-refractivity contribution < 1.29 is 9.59 Å². The highest BCUT2D eigenvalue weighted by molar-refractivity contribution is 6.33. The average Bonchev–Trinajstić information content (AvgIpc) is 2.40. The van der Waals surface area contributed by atoms with Gasteiger partial charge in [0.2, 0.25) is 5.91 Å². The van der Waals surface area contributed by atoms with E-state index in [2.05, 4.69) is 0 Å². The summed E-state index contributed by atoms with van der Waals surface area (Å²) < 4.78 is 0. The summed E-state index contributed by atoms with van der Waals surface area (Å²) in [4.78, 5) is 27.2. The van der Waals surface area contributed by atoms with Gasteiger partial charge in [0.25, 0.3) is 5.91 Å². The Kier molecular flexibility index (Phi) is 5.82.